The van der Waals surface area contributed by atoms with Crippen molar-refractivity contribution < 1.29 is 9.18 Å². The largest absolute Gasteiger partial charge is 0.382 e. The number of benzene rings is 1. The highest BCUT2D eigenvalue weighted by Crippen LogP contribution is 2.30. The van der Waals surface area contributed by atoms with E-state index in [4.69, 9.17) is 5.53 Å². The Morgan fingerprint density at radius 3 is 3.08 bits per heavy atom. The summed E-state index contributed by atoms with van der Waals surface area (Å²) in [7, 11) is 0. The van der Waals surface area contributed by atoms with Crippen molar-refractivity contribution in [3.63, 3.8) is 0 Å². The highest BCUT2D eigenvalue weighted by atomic mass is 79.9. The van der Waals surface area contributed by atoms with Crippen LogP contribution in [-0.2, 0) is 4.79 Å². The number of amides is 1. The first-order valence-electron chi connectivity index (χ1n) is 7.72. The molecule has 1 aromatic carbocycles. The predicted octanol–water partition coefficient (Wildman–Crippen LogP) is 3.04. The lowest BCUT2D eigenvalue weighted by Crippen LogP contribution is -2.22. The summed E-state index contributed by atoms with van der Waals surface area (Å²) in [6.45, 7) is 0.941. The molecule has 0 aliphatic carbocycles. The van der Waals surface area contributed by atoms with Gasteiger partial charge in [-0.15, -0.1) is 0 Å². The van der Waals surface area contributed by atoms with Crippen LogP contribution in [0.5, 0.6) is 0 Å². The molecule has 0 radical (unpaired) electrons. The molecular formula is C15H14BrFN8O. The van der Waals surface area contributed by atoms with E-state index in [1.54, 1.807) is 18.3 Å². The molecular weight excluding hydrogens is 407 g/mol. The Hall–Kier alpha value is -2.91. The molecule has 134 valence electrons. The third-order valence-corrected chi connectivity index (χ3v) is 4.42. The van der Waals surface area contributed by atoms with Crippen LogP contribution >= 0.6 is 15.9 Å². The van der Waals surface area contributed by atoms with E-state index in [2.05, 4.69) is 52.0 Å². The number of nitrogens with zero attached hydrogens (tertiary/aromatic N) is 5. The first-order chi connectivity index (χ1) is 12.6. The lowest BCUT2D eigenvalue weighted by molar-refractivity contribution is -0.120. The van der Waals surface area contributed by atoms with Gasteiger partial charge in [0.15, 0.2) is 0 Å². The van der Waals surface area contributed by atoms with E-state index in [0.717, 1.165) is 0 Å². The summed E-state index contributed by atoms with van der Waals surface area (Å²) in [4.78, 5) is 15.0. The van der Waals surface area contributed by atoms with Gasteiger partial charge in [0, 0.05) is 18.0 Å². The van der Waals surface area contributed by atoms with Crippen LogP contribution in [0.15, 0.2) is 39.1 Å². The Labute approximate surface area is 155 Å². The van der Waals surface area contributed by atoms with Crippen molar-refractivity contribution in [1.82, 2.24) is 15.6 Å². The van der Waals surface area contributed by atoms with Gasteiger partial charge < -0.3 is 5.32 Å². The Morgan fingerprint density at radius 2 is 2.31 bits per heavy atom. The standard InChI is InChI=1S/C15H14BrFN8O/c16-9-6-8(2-3-10(9)17)12-14(23-24-15(12)26)13-11(7-21-22-13)19-4-1-5-20-25-18/h2-3,6-7,12,19H,1,4-5H2,(H,21,22)(H,24,26). The van der Waals surface area contributed by atoms with Crippen LogP contribution in [0, 0.1) is 5.82 Å². The van der Waals surface area contributed by atoms with Crippen LogP contribution in [0.4, 0.5) is 10.1 Å². The summed E-state index contributed by atoms with van der Waals surface area (Å²) in [5.74, 6) is -1.40. The second-order valence-electron chi connectivity index (χ2n) is 5.47. The second kappa shape index (κ2) is 7.98. The Morgan fingerprint density at radius 1 is 1.46 bits per heavy atom. The third kappa shape index (κ3) is 3.68. The lowest BCUT2D eigenvalue weighted by Gasteiger charge is -2.12. The molecule has 1 aliphatic heterocycles. The van der Waals surface area contributed by atoms with Gasteiger partial charge in [-0.25, -0.2) is 9.82 Å². The van der Waals surface area contributed by atoms with Crippen molar-refractivity contribution >= 4 is 33.2 Å². The quantitative estimate of drug-likeness (QED) is 0.275. The van der Waals surface area contributed by atoms with E-state index in [0.29, 0.717) is 42.2 Å². The van der Waals surface area contributed by atoms with E-state index >= 15 is 0 Å². The molecule has 11 heteroatoms. The van der Waals surface area contributed by atoms with Gasteiger partial charge >= 0.3 is 0 Å². The van der Waals surface area contributed by atoms with E-state index in [9.17, 15) is 9.18 Å². The summed E-state index contributed by atoms with van der Waals surface area (Å²) in [5, 5.41) is 17.6. The minimum Gasteiger partial charge on any atom is -0.382 e. The lowest BCUT2D eigenvalue weighted by atomic mass is 9.92. The highest BCUT2D eigenvalue weighted by molar-refractivity contribution is 9.10. The second-order valence-corrected chi connectivity index (χ2v) is 6.33. The number of halogens is 2. The average molecular weight is 421 g/mol. The van der Waals surface area contributed by atoms with Gasteiger partial charge in [-0.05, 0) is 45.6 Å². The van der Waals surface area contributed by atoms with E-state index in [-0.39, 0.29) is 10.4 Å². The van der Waals surface area contributed by atoms with Gasteiger partial charge in [-0.2, -0.15) is 10.2 Å². The number of H-pyrrole nitrogens is 1. The van der Waals surface area contributed by atoms with Crippen LogP contribution < -0.4 is 10.7 Å². The number of hydrazone groups is 1. The molecule has 1 aliphatic rings. The maximum atomic E-state index is 13.5. The van der Waals surface area contributed by atoms with Gasteiger partial charge in [0.1, 0.15) is 23.1 Å². The van der Waals surface area contributed by atoms with Crippen molar-refractivity contribution in [2.75, 3.05) is 18.4 Å². The zero-order valence-electron chi connectivity index (χ0n) is 13.4. The van der Waals surface area contributed by atoms with Crippen molar-refractivity contribution in [2.24, 2.45) is 10.2 Å². The smallest absolute Gasteiger partial charge is 0.253 e. The maximum Gasteiger partial charge on any atom is 0.253 e. The van der Waals surface area contributed by atoms with E-state index in [1.807, 2.05) is 0 Å². The van der Waals surface area contributed by atoms with E-state index in [1.165, 1.54) is 6.07 Å². The molecule has 0 saturated heterocycles. The number of anilines is 1. The van der Waals surface area contributed by atoms with Gasteiger partial charge in [0.25, 0.3) is 5.91 Å². The number of rotatable bonds is 7. The highest BCUT2D eigenvalue weighted by Gasteiger charge is 2.35. The summed E-state index contributed by atoms with van der Waals surface area (Å²) in [6, 6.07) is 4.41. The molecule has 0 fully saturated rings. The van der Waals surface area contributed by atoms with Gasteiger partial charge in [-0.3, -0.25) is 9.89 Å². The number of carbonyl (C=O) groups is 1. The predicted molar refractivity (Wildman–Crippen MR) is 97.2 cm³/mol. The molecule has 2 aromatic rings. The summed E-state index contributed by atoms with van der Waals surface area (Å²) < 4.78 is 13.8. The fraction of sp³-hybridized carbons (Fsp3) is 0.267. The Kier molecular flexibility index (Phi) is 5.49. The number of hydrogen-bond acceptors (Lipinski definition) is 5. The number of nitrogens with one attached hydrogen (secondary N) is 3. The number of hydrogen-bond donors (Lipinski definition) is 3. The van der Waals surface area contributed by atoms with Crippen LogP contribution in [0.2, 0.25) is 0 Å². The van der Waals surface area contributed by atoms with Crippen LogP contribution in [-0.4, -0.2) is 34.9 Å². The topological polar surface area (TPSA) is 131 Å². The van der Waals surface area contributed by atoms with Crippen molar-refractivity contribution in [1.29, 1.82) is 0 Å². The van der Waals surface area contributed by atoms with E-state index < -0.39 is 11.7 Å². The first kappa shape index (κ1) is 17.9. The number of azide groups is 1. The van der Waals surface area contributed by atoms with Crippen LogP contribution in [0.25, 0.3) is 10.4 Å². The molecule has 26 heavy (non-hydrogen) atoms. The molecule has 0 bridgehead atoms. The first-order valence-corrected chi connectivity index (χ1v) is 8.52. The molecule has 1 aromatic heterocycles. The summed E-state index contributed by atoms with van der Waals surface area (Å²) in [6.07, 6.45) is 2.23. The van der Waals surface area contributed by atoms with Gasteiger partial charge in [0.05, 0.1) is 16.4 Å². The third-order valence-electron chi connectivity index (χ3n) is 3.81. The number of aromatic nitrogens is 2. The molecule has 9 nitrogen and oxygen atoms in total. The average Bonchev–Trinajstić information content (AvgIpc) is 3.23. The molecule has 0 spiro atoms. The molecule has 3 rings (SSSR count). The minimum absolute atomic E-state index is 0.273. The SMILES string of the molecule is [N-]=[N+]=NCCCNc1cn[nH]c1C1=NNC(=O)C1c1ccc(F)c(Br)c1. The summed E-state index contributed by atoms with van der Waals surface area (Å²) in [5.41, 5.74) is 13.0. The van der Waals surface area contributed by atoms with Gasteiger partial charge in [0.2, 0.25) is 0 Å². The molecule has 1 amide bonds. The fourth-order valence-corrected chi connectivity index (χ4v) is 3.00. The zero-order chi connectivity index (χ0) is 18.5. The number of aromatic amines is 1. The Bertz CT molecular complexity index is 905. The zero-order valence-corrected chi connectivity index (χ0v) is 15.0. The molecule has 3 N–H and O–H groups in total. The summed E-state index contributed by atoms with van der Waals surface area (Å²) >= 11 is 3.14. The Balaban J connectivity index is 1.82. The fourth-order valence-electron chi connectivity index (χ4n) is 2.60. The normalized spacial score (nSPS) is 16.0. The molecule has 1 unspecified atom stereocenters. The molecule has 1 atom stereocenters. The molecule has 0 saturated carbocycles. The maximum absolute atomic E-state index is 13.5. The van der Waals surface area contributed by atoms with Crippen LogP contribution in [0.1, 0.15) is 23.6 Å². The van der Waals surface area contributed by atoms with Crippen molar-refractivity contribution in [3.8, 4) is 0 Å². The molecule has 2 heterocycles. The van der Waals surface area contributed by atoms with Crippen molar-refractivity contribution in [2.45, 2.75) is 12.3 Å². The monoisotopic (exact) mass is 420 g/mol. The van der Waals surface area contributed by atoms with Crippen LogP contribution in [0.3, 0.4) is 0 Å². The number of carbonyl (C=O) groups excluding carboxylic acids is 1. The minimum atomic E-state index is -0.684. The van der Waals surface area contributed by atoms with Gasteiger partial charge in [-0.1, -0.05) is 11.2 Å². The van der Waals surface area contributed by atoms with Crippen molar-refractivity contribution in [3.05, 3.63) is 56.4 Å².